The smallest absolute Gasteiger partial charge is 0.123 e. The van der Waals surface area contributed by atoms with Gasteiger partial charge in [0, 0.05) is 12.4 Å². The van der Waals surface area contributed by atoms with Crippen molar-refractivity contribution < 1.29 is 4.74 Å². The van der Waals surface area contributed by atoms with Crippen LogP contribution in [0.3, 0.4) is 0 Å². The van der Waals surface area contributed by atoms with Crippen LogP contribution in [0, 0.1) is 16.7 Å². The first-order valence-electron chi connectivity index (χ1n) is 4.16. The summed E-state index contributed by atoms with van der Waals surface area (Å²) < 4.78 is 5.04. The molecule has 0 radical (unpaired) electrons. The van der Waals surface area contributed by atoms with E-state index in [0.717, 1.165) is 5.56 Å². The minimum atomic E-state index is -0.512. The van der Waals surface area contributed by atoms with Gasteiger partial charge in [0.1, 0.15) is 5.41 Å². The molecule has 4 heteroatoms. The number of nitrogens with one attached hydrogen (secondary N) is 1. The predicted molar refractivity (Wildman–Crippen MR) is 46.6 cm³/mol. The highest BCUT2D eigenvalue weighted by Crippen LogP contribution is 2.38. The minimum Gasteiger partial charge on any atom is -0.378 e. The largest absolute Gasteiger partial charge is 0.378 e. The Bertz CT molecular complexity index is 321. The summed E-state index contributed by atoms with van der Waals surface area (Å²) in [6.07, 6.45) is 3.63. The molecular weight excluding hydrogens is 166 g/mol. The molecular formula is C9H11N3O. The Labute approximate surface area is 76.3 Å². The topological polar surface area (TPSA) is 74.8 Å². The first-order valence-corrected chi connectivity index (χ1v) is 4.16. The van der Waals surface area contributed by atoms with Gasteiger partial charge < -0.3 is 15.5 Å². The molecule has 1 aliphatic rings. The monoisotopic (exact) mass is 177 g/mol. The van der Waals surface area contributed by atoms with Gasteiger partial charge in [-0.05, 0) is 11.6 Å². The van der Waals surface area contributed by atoms with E-state index in [2.05, 4.69) is 11.1 Å². The maximum atomic E-state index is 8.99. The van der Waals surface area contributed by atoms with Crippen molar-refractivity contribution in [2.75, 3.05) is 13.2 Å². The van der Waals surface area contributed by atoms with Gasteiger partial charge in [-0.3, -0.25) is 0 Å². The molecule has 0 amide bonds. The highest BCUT2D eigenvalue weighted by molar-refractivity contribution is 5.23. The number of hydrogen-bond acceptors (Lipinski definition) is 3. The normalized spacial score (nSPS) is 21.5. The molecule has 0 saturated carbocycles. The van der Waals surface area contributed by atoms with Gasteiger partial charge in [0.2, 0.25) is 0 Å². The van der Waals surface area contributed by atoms with Crippen LogP contribution in [0.2, 0.25) is 0 Å². The molecule has 0 spiro atoms. The van der Waals surface area contributed by atoms with E-state index in [9.17, 15) is 0 Å². The number of aromatic amines is 1. The molecule has 68 valence electrons. The Kier molecular flexibility index (Phi) is 1.83. The number of H-pyrrole nitrogens is 1. The van der Waals surface area contributed by atoms with Crippen LogP contribution in [0.5, 0.6) is 0 Å². The van der Waals surface area contributed by atoms with Crippen LogP contribution in [0.25, 0.3) is 0 Å². The van der Waals surface area contributed by atoms with Gasteiger partial charge in [0.25, 0.3) is 0 Å². The summed E-state index contributed by atoms with van der Waals surface area (Å²) in [4.78, 5) is 2.92. The Hall–Kier alpha value is -1.31. The maximum Gasteiger partial charge on any atom is 0.123 e. The van der Waals surface area contributed by atoms with Gasteiger partial charge >= 0.3 is 0 Å². The average molecular weight is 177 g/mol. The van der Waals surface area contributed by atoms with Crippen LogP contribution in [0.15, 0.2) is 18.5 Å². The first-order chi connectivity index (χ1) is 6.28. The molecule has 0 aromatic carbocycles. The highest BCUT2D eigenvalue weighted by Gasteiger charge is 2.45. The summed E-state index contributed by atoms with van der Waals surface area (Å²) in [7, 11) is 0. The standard InChI is InChI=1S/C9H11N3O/c10-4-9(5-13-6-9)8(11)7-1-2-12-3-7/h1-3,8,12H,5-6,11H2. The number of nitriles is 1. The fraction of sp³-hybridized carbons (Fsp3) is 0.444. The van der Waals surface area contributed by atoms with E-state index in [1.54, 1.807) is 6.20 Å². The van der Waals surface area contributed by atoms with Crippen LogP contribution in [-0.2, 0) is 4.74 Å². The second-order valence-electron chi connectivity index (χ2n) is 3.38. The highest BCUT2D eigenvalue weighted by atomic mass is 16.5. The summed E-state index contributed by atoms with van der Waals surface area (Å²) >= 11 is 0. The number of aromatic nitrogens is 1. The lowest BCUT2D eigenvalue weighted by atomic mass is 9.78. The first kappa shape index (κ1) is 8.30. The molecule has 1 saturated heterocycles. The van der Waals surface area contributed by atoms with E-state index in [1.807, 2.05) is 12.3 Å². The summed E-state index contributed by atoms with van der Waals surface area (Å²) in [5.41, 5.74) is 6.42. The molecule has 0 aliphatic carbocycles. The van der Waals surface area contributed by atoms with Crippen LogP contribution >= 0.6 is 0 Å². The lowest BCUT2D eigenvalue weighted by Crippen LogP contribution is -2.49. The van der Waals surface area contributed by atoms with Crippen LogP contribution < -0.4 is 5.73 Å². The Morgan fingerprint density at radius 2 is 2.46 bits per heavy atom. The second-order valence-corrected chi connectivity index (χ2v) is 3.38. The van der Waals surface area contributed by atoms with E-state index in [1.165, 1.54) is 0 Å². The van der Waals surface area contributed by atoms with Crippen molar-refractivity contribution in [2.24, 2.45) is 11.1 Å². The van der Waals surface area contributed by atoms with E-state index < -0.39 is 5.41 Å². The van der Waals surface area contributed by atoms with Gasteiger partial charge in [0.05, 0.1) is 25.3 Å². The van der Waals surface area contributed by atoms with Crippen molar-refractivity contribution in [1.29, 1.82) is 5.26 Å². The van der Waals surface area contributed by atoms with Crippen molar-refractivity contribution in [3.63, 3.8) is 0 Å². The van der Waals surface area contributed by atoms with Gasteiger partial charge in [-0.1, -0.05) is 0 Å². The van der Waals surface area contributed by atoms with E-state index in [4.69, 9.17) is 15.7 Å². The molecule has 0 bridgehead atoms. The fourth-order valence-electron chi connectivity index (χ4n) is 1.48. The van der Waals surface area contributed by atoms with Gasteiger partial charge in [-0.15, -0.1) is 0 Å². The van der Waals surface area contributed by atoms with Gasteiger partial charge in [0.15, 0.2) is 0 Å². The lowest BCUT2D eigenvalue weighted by Gasteiger charge is -2.39. The van der Waals surface area contributed by atoms with E-state index in [0.29, 0.717) is 13.2 Å². The quantitative estimate of drug-likeness (QED) is 0.692. The second kappa shape index (κ2) is 2.87. The maximum absolute atomic E-state index is 8.99. The fourth-order valence-corrected chi connectivity index (χ4v) is 1.48. The zero-order chi connectivity index (χ0) is 9.31. The molecule has 3 N–H and O–H groups in total. The summed E-state index contributed by atoms with van der Waals surface area (Å²) in [6.45, 7) is 0.881. The third-order valence-corrected chi connectivity index (χ3v) is 2.52. The van der Waals surface area contributed by atoms with Gasteiger partial charge in [-0.2, -0.15) is 5.26 Å². The third kappa shape index (κ3) is 1.13. The van der Waals surface area contributed by atoms with Crippen LogP contribution in [0.1, 0.15) is 11.6 Å². The van der Waals surface area contributed by atoms with Gasteiger partial charge in [-0.25, -0.2) is 0 Å². The molecule has 1 aromatic rings. The molecule has 1 atom stereocenters. The molecule has 13 heavy (non-hydrogen) atoms. The van der Waals surface area contributed by atoms with Crippen LogP contribution in [-0.4, -0.2) is 18.2 Å². The van der Waals surface area contributed by atoms with Crippen LogP contribution in [0.4, 0.5) is 0 Å². The molecule has 2 heterocycles. The molecule has 2 rings (SSSR count). The molecule has 1 aromatic heterocycles. The molecule has 1 fully saturated rings. The summed E-state index contributed by atoms with van der Waals surface area (Å²) in [5.74, 6) is 0. The molecule has 4 nitrogen and oxygen atoms in total. The third-order valence-electron chi connectivity index (χ3n) is 2.52. The number of nitrogens with two attached hydrogens (primary N) is 1. The van der Waals surface area contributed by atoms with E-state index >= 15 is 0 Å². The number of hydrogen-bond donors (Lipinski definition) is 2. The Balaban J connectivity index is 2.22. The minimum absolute atomic E-state index is 0.252. The van der Waals surface area contributed by atoms with Crippen molar-refractivity contribution >= 4 is 0 Å². The summed E-state index contributed by atoms with van der Waals surface area (Å²) in [6, 6.07) is 3.88. The zero-order valence-corrected chi connectivity index (χ0v) is 7.16. The van der Waals surface area contributed by atoms with Crippen molar-refractivity contribution in [2.45, 2.75) is 6.04 Å². The average Bonchev–Trinajstić information content (AvgIpc) is 2.54. The predicted octanol–water partition coefficient (Wildman–Crippen LogP) is 0.555. The van der Waals surface area contributed by atoms with E-state index in [-0.39, 0.29) is 6.04 Å². The number of nitrogens with zero attached hydrogens (tertiary/aromatic N) is 1. The molecule has 1 unspecified atom stereocenters. The van der Waals surface area contributed by atoms with Crippen molar-refractivity contribution in [3.05, 3.63) is 24.0 Å². The molecule has 1 aliphatic heterocycles. The number of rotatable bonds is 2. The Morgan fingerprint density at radius 3 is 2.85 bits per heavy atom. The van der Waals surface area contributed by atoms with Crippen molar-refractivity contribution in [1.82, 2.24) is 4.98 Å². The SMILES string of the molecule is N#CC1(C(N)c2cc[nH]c2)COC1. The Morgan fingerprint density at radius 1 is 1.69 bits per heavy atom. The zero-order valence-electron chi connectivity index (χ0n) is 7.16. The van der Waals surface area contributed by atoms with Crippen molar-refractivity contribution in [3.8, 4) is 6.07 Å². The number of ether oxygens (including phenoxy) is 1. The summed E-state index contributed by atoms with van der Waals surface area (Å²) in [5, 5.41) is 8.99. The lowest BCUT2D eigenvalue weighted by molar-refractivity contribution is -0.0910.